The maximum Gasteiger partial charge on any atom is 0.306 e. The minimum absolute atomic E-state index is 0.0204. The van der Waals surface area contributed by atoms with Crippen molar-refractivity contribution in [1.82, 2.24) is 10.6 Å². The highest BCUT2D eigenvalue weighted by Gasteiger charge is 2.29. The Morgan fingerprint density at radius 3 is 2.16 bits per heavy atom. The van der Waals surface area contributed by atoms with Crippen molar-refractivity contribution in [2.24, 2.45) is 11.8 Å². The van der Waals surface area contributed by atoms with E-state index in [2.05, 4.69) is 10.6 Å². The Morgan fingerprint density at radius 2 is 1.58 bits per heavy atom. The molecule has 0 aromatic rings. The molecule has 0 radical (unpaired) electrons. The number of carboxylic acids is 1. The molecule has 2 aliphatic carbocycles. The quantitative estimate of drug-likeness (QED) is 0.605. The van der Waals surface area contributed by atoms with Crippen LogP contribution in [0.3, 0.4) is 0 Å². The van der Waals surface area contributed by atoms with Gasteiger partial charge in [-0.05, 0) is 51.5 Å². The van der Waals surface area contributed by atoms with Crippen molar-refractivity contribution >= 4 is 11.9 Å². The summed E-state index contributed by atoms with van der Waals surface area (Å²) >= 11 is 0. The number of nitrogens with one attached hydrogen (secondary N) is 2. The molecule has 2 rings (SSSR count). The van der Waals surface area contributed by atoms with Crippen molar-refractivity contribution in [2.75, 3.05) is 13.1 Å². The van der Waals surface area contributed by atoms with E-state index in [1.165, 1.54) is 12.8 Å². The number of carbonyl (C=O) groups excluding carboxylic acids is 1. The molecule has 0 aromatic carbocycles. The van der Waals surface area contributed by atoms with Crippen molar-refractivity contribution in [3.8, 4) is 0 Å². The van der Waals surface area contributed by atoms with Gasteiger partial charge >= 0.3 is 5.97 Å². The highest BCUT2D eigenvalue weighted by Crippen LogP contribution is 2.28. The van der Waals surface area contributed by atoms with Crippen LogP contribution in [0.5, 0.6) is 0 Å². The van der Waals surface area contributed by atoms with E-state index in [9.17, 15) is 9.59 Å². The monoisotopic (exact) mass is 268 g/mol. The Balaban J connectivity index is 1.54. The summed E-state index contributed by atoms with van der Waals surface area (Å²) in [4.78, 5) is 22.7. The predicted octanol–water partition coefficient (Wildman–Crippen LogP) is 1.14. The fourth-order valence-electron chi connectivity index (χ4n) is 2.64. The summed E-state index contributed by atoms with van der Waals surface area (Å²) in [5.41, 5.74) is 0. The number of carboxylic acid groups (broad SMARTS) is 1. The van der Waals surface area contributed by atoms with E-state index in [-0.39, 0.29) is 17.7 Å². The molecular formula is C14H24N2O3. The van der Waals surface area contributed by atoms with E-state index in [1.807, 2.05) is 0 Å². The molecular weight excluding hydrogens is 244 g/mol. The van der Waals surface area contributed by atoms with Crippen LogP contribution in [-0.2, 0) is 9.59 Å². The molecule has 0 saturated heterocycles. The third kappa shape index (κ3) is 4.82. The zero-order valence-electron chi connectivity index (χ0n) is 11.4. The van der Waals surface area contributed by atoms with E-state index < -0.39 is 5.97 Å². The number of amides is 1. The van der Waals surface area contributed by atoms with Gasteiger partial charge in [0.25, 0.3) is 0 Å². The SMILES string of the molecule is O=C(O)C1CCC(C(=O)NCCCNC2CC2)CC1. The van der Waals surface area contributed by atoms with Gasteiger partial charge in [-0.15, -0.1) is 0 Å². The summed E-state index contributed by atoms with van der Waals surface area (Å²) in [7, 11) is 0. The fourth-order valence-corrected chi connectivity index (χ4v) is 2.64. The summed E-state index contributed by atoms with van der Waals surface area (Å²) < 4.78 is 0. The van der Waals surface area contributed by atoms with E-state index in [4.69, 9.17) is 5.11 Å². The van der Waals surface area contributed by atoms with Crippen LogP contribution in [0.1, 0.15) is 44.9 Å². The number of hydrogen-bond acceptors (Lipinski definition) is 3. The van der Waals surface area contributed by atoms with Gasteiger partial charge in [0.15, 0.2) is 0 Å². The lowest BCUT2D eigenvalue weighted by atomic mass is 9.81. The molecule has 0 aliphatic heterocycles. The van der Waals surface area contributed by atoms with E-state index >= 15 is 0 Å². The maximum absolute atomic E-state index is 11.9. The van der Waals surface area contributed by atoms with Crippen molar-refractivity contribution < 1.29 is 14.7 Å². The molecule has 2 fully saturated rings. The number of aliphatic carboxylic acids is 1. The van der Waals surface area contributed by atoms with Crippen LogP contribution in [0.15, 0.2) is 0 Å². The number of hydrogen-bond donors (Lipinski definition) is 3. The second-order valence-electron chi connectivity index (χ2n) is 5.76. The second-order valence-corrected chi connectivity index (χ2v) is 5.76. The summed E-state index contributed by atoms with van der Waals surface area (Å²) in [5.74, 6) is -0.834. The van der Waals surface area contributed by atoms with Gasteiger partial charge in [0.05, 0.1) is 5.92 Å². The van der Waals surface area contributed by atoms with Crippen molar-refractivity contribution in [3.05, 3.63) is 0 Å². The number of rotatable bonds is 7. The van der Waals surface area contributed by atoms with Crippen LogP contribution in [0, 0.1) is 11.8 Å². The Morgan fingerprint density at radius 1 is 0.947 bits per heavy atom. The molecule has 0 spiro atoms. The van der Waals surface area contributed by atoms with Gasteiger partial charge in [0.2, 0.25) is 5.91 Å². The lowest BCUT2D eigenvalue weighted by Gasteiger charge is -2.25. The highest BCUT2D eigenvalue weighted by atomic mass is 16.4. The second kappa shape index (κ2) is 6.89. The van der Waals surface area contributed by atoms with Gasteiger partial charge in [-0.25, -0.2) is 0 Å². The first-order valence-electron chi connectivity index (χ1n) is 7.40. The Bertz CT molecular complexity index is 321. The van der Waals surface area contributed by atoms with Gasteiger partial charge in [0, 0.05) is 18.5 Å². The Kier molecular flexibility index (Phi) is 5.19. The normalized spacial score (nSPS) is 26.9. The first-order chi connectivity index (χ1) is 9.16. The average molecular weight is 268 g/mol. The highest BCUT2D eigenvalue weighted by molar-refractivity contribution is 5.79. The van der Waals surface area contributed by atoms with Crippen LogP contribution in [0.2, 0.25) is 0 Å². The molecule has 108 valence electrons. The topological polar surface area (TPSA) is 78.4 Å². The summed E-state index contributed by atoms with van der Waals surface area (Å²) in [6.07, 6.45) is 6.24. The third-order valence-electron chi connectivity index (χ3n) is 4.11. The molecule has 2 saturated carbocycles. The third-order valence-corrected chi connectivity index (χ3v) is 4.11. The minimum Gasteiger partial charge on any atom is -0.481 e. The molecule has 0 aromatic heterocycles. The van der Waals surface area contributed by atoms with Gasteiger partial charge < -0.3 is 15.7 Å². The fraction of sp³-hybridized carbons (Fsp3) is 0.857. The van der Waals surface area contributed by atoms with Gasteiger partial charge in [-0.3, -0.25) is 9.59 Å². The van der Waals surface area contributed by atoms with Crippen molar-refractivity contribution in [2.45, 2.75) is 51.0 Å². The lowest BCUT2D eigenvalue weighted by Crippen LogP contribution is -2.35. The van der Waals surface area contributed by atoms with Crippen LogP contribution in [0.4, 0.5) is 0 Å². The molecule has 0 unspecified atom stereocenters. The zero-order chi connectivity index (χ0) is 13.7. The minimum atomic E-state index is -0.718. The van der Waals surface area contributed by atoms with E-state index in [1.54, 1.807) is 0 Å². The first kappa shape index (κ1) is 14.3. The van der Waals surface area contributed by atoms with Crippen molar-refractivity contribution in [3.63, 3.8) is 0 Å². The Labute approximate surface area is 114 Å². The van der Waals surface area contributed by atoms with E-state index in [0.717, 1.165) is 25.6 Å². The summed E-state index contributed by atoms with van der Waals surface area (Å²) in [6, 6.07) is 0.724. The largest absolute Gasteiger partial charge is 0.481 e. The van der Waals surface area contributed by atoms with Crippen LogP contribution in [0.25, 0.3) is 0 Å². The van der Waals surface area contributed by atoms with Gasteiger partial charge in [0.1, 0.15) is 0 Å². The molecule has 5 nitrogen and oxygen atoms in total. The van der Waals surface area contributed by atoms with Crippen molar-refractivity contribution in [1.29, 1.82) is 0 Å². The average Bonchev–Trinajstić information content (AvgIpc) is 3.22. The maximum atomic E-state index is 11.9. The molecule has 19 heavy (non-hydrogen) atoms. The number of carbonyl (C=O) groups is 2. The molecule has 0 atom stereocenters. The molecule has 0 bridgehead atoms. The standard InChI is InChI=1S/C14H24N2O3/c17-13(16-9-1-8-15-12-6-7-12)10-2-4-11(5-3-10)14(18)19/h10-12,15H,1-9H2,(H,16,17)(H,18,19). The van der Waals surface area contributed by atoms with Crippen LogP contribution in [-0.4, -0.2) is 36.1 Å². The van der Waals surface area contributed by atoms with Gasteiger partial charge in [-0.1, -0.05) is 0 Å². The Hall–Kier alpha value is -1.10. The molecule has 3 N–H and O–H groups in total. The lowest BCUT2D eigenvalue weighted by molar-refractivity contribution is -0.144. The molecule has 2 aliphatic rings. The summed E-state index contributed by atoms with van der Waals surface area (Å²) in [6.45, 7) is 1.69. The predicted molar refractivity (Wildman–Crippen MR) is 71.7 cm³/mol. The smallest absolute Gasteiger partial charge is 0.306 e. The molecule has 5 heteroatoms. The van der Waals surface area contributed by atoms with Crippen LogP contribution < -0.4 is 10.6 Å². The van der Waals surface area contributed by atoms with E-state index in [0.29, 0.717) is 25.7 Å². The van der Waals surface area contributed by atoms with Gasteiger partial charge in [-0.2, -0.15) is 0 Å². The molecule has 1 amide bonds. The summed E-state index contributed by atoms with van der Waals surface area (Å²) in [5, 5.41) is 15.3. The van der Waals surface area contributed by atoms with Crippen LogP contribution >= 0.6 is 0 Å². The molecule has 0 heterocycles. The zero-order valence-corrected chi connectivity index (χ0v) is 11.4. The first-order valence-corrected chi connectivity index (χ1v) is 7.40.